The maximum atomic E-state index is 13.7. The molecule has 2 N–H and O–H groups in total. The number of nitrogens with two attached hydrogens (primary N) is 1. The van der Waals surface area contributed by atoms with Crippen molar-refractivity contribution < 1.29 is 4.79 Å². The standard InChI is InChI=1S/C25H23N7O/c1-15-16(2)23(27)31-22-8-6-19(11-21(15)22)25(33)32(17(3)24-28-9-4-10-29-24)14-20-7-5-18(12-26)13-30-20/h4-11,13,17H,14H2,1-3H3,(H2,27,31)/t17-/m1/s1. The van der Waals surface area contributed by atoms with Gasteiger partial charge in [0.2, 0.25) is 0 Å². The molecule has 33 heavy (non-hydrogen) atoms. The van der Waals surface area contributed by atoms with E-state index in [2.05, 4.69) is 26.0 Å². The van der Waals surface area contributed by atoms with Gasteiger partial charge in [0.25, 0.3) is 5.91 Å². The second-order valence-corrected chi connectivity index (χ2v) is 7.85. The third-order valence-corrected chi connectivity index (χ3v) is 5.81. The molecule has 3 aromatic heterocycles. The molecular formula is C25H23N7O. The van der Waals surface area contributed by atoms with Gasteiger partial charge in [-0.05, 0) is 68.3 Å². The number of aryl methyl sites for hydroxylation is 1. The molecule has 1 aromatic carbocycles. The number of benzene rings is 1. The SMILES string of the molecule is Cc1c(N)nc2ccc(C(=O)N(Cc3ccc(C#N)cn3)[C@H](C)c3ncccn3)cc2c1C. The van der Waals surface area contributed by atoms with Gasteiger partial charge >= 0.3 is 0 Å². The molecule has 1 amide bonds. The number of carbonyl (C=O) groups is 1. The highest BCUT2D eigenvalue weighted by Gasteiger charge is 2.26. The first-order valence-electron chi connectivity index (χ1n) is 10.5. The molecule has 164 valence electrons. The van der Waals surface area contributed by atoms with Crippen molar-refractivity contribution in [3.8, 4) is 6.07 Å². The van der Waals surface area contributed by atoms with Crippen LogP contribution in [0.1, 0.15) is 51.5 Å². The molecule has 0 aliphatic heterocycles. The van der Waals surface area contributed by atoms with E-state index in [1.165, 1.54) is 6.20 Å². The maximum Gasteiger partial charge on any atom is 0.254 e. The van der Waals surface area contributed by atoms with Gasteiger partial charge in [-0.15, -0.1) is 0 Å². The molecule has 0 unspecified atom stereocenters. The van der Waals surface area contributed by atoms with Crippen LogP contribution in [0.25, 0.3) is 10.9 Å². The fourth-order valence-corrected chi connectivity index (χ4v) is 3.65. The fourth-order valence-electron chi connectivity index (χ4n) is 3.65. The van der Waals surface area contributed by atoms with E-state index in [1.807, 2.05) is 32.9 Å². The van der Waals surface area contributed by atoms with E-state index in [1.54, 1.807) is 41.6 Å². The number of nitriles is 1. The van der Waals surface area contributed by atoms with Gasteiger partial charge in [0.15, 0.2) is 0 Å². The van der Waals surface area contributed by atoms with Gasteiger partial charge in [-0.3, -0.25) is 9.78 Å². The number of nitrogens with zero attached hydrogens (tertiary/aromatic N) is 6. The first-order valence-corrected chi connectivity index (χ1v) is 10.5. The lowest BCUT2D eigenvalue weighted by atomic mass is 10.0. The minimum absolute atomic E-state index is 0.183. The lowest BCUT2D eigenvalue weighted by Gasteiger charge is -2.28. The van der Waals surface area contributed by atoms with E-state index in [-0.39, 0.29) is 12.5 Å². The summed E-state index contributed by atoms with van der Waals surface area (Å²) in [6, 6.07) is 12.2. The van der Waals surface area contributed by atoms with Gasteiger partial charge in [0.1, 0.15) is 17.7 Å². The normalized spacial score (nSPS) is 11.7. The van der Waals surface area contributed by atoms with E-state index >= 15 is 0 Å². The van der Waals surface area contributed by atoms with E-state index in [9.17, 15) is 4.79 Å². The molecule has 3 heterocycles. The molecule has 0 saturated carbocycles. The van der Waals surface area contributed by atoms with E-state index in [4.69, 9.17) is 11.0 Å². The van der Waals surface area contributed by atoms with Crippen LogP contribution in [-0.2, 0) is 6.54 Å². The van der Waals surface area contributed by atoms with Crippen LogP contribution in [-0.4, -0.2) is 30.7 Å². The van der Waals surface area contributed by atoms with Crippen molar-refractivity contribution in [3.63, 3.8) is 0 Å². The Morgan fingerprint density at radius 2 is 1.88 bits per heavy atom. The lowest BCUT2D eigenvalue weighted by molar-refractivity contribution is 0.0663. The molecule has 0 spiro atoms. The van der Waals surface area contributed by atoms with E-state index in [0.29, 0.717) is 28.5 Å². The Labute approximate surface area is 191 Å². The third kappa shape index (κ3) is 4.34. The summed E-state index contributed by atoms with van der Waals surface area (Å²) < 4.78 is 0. The Morgan fingerprint density at radius 3 is 2.55 bits per heavy atom. The highest BCUT2D eigenvalue weighted by Crippen LogP contribution is 2.27. The minimum Gasteiger partial charge on any atom is -0.383 e. The smallest absolute Gasteiger partial charge is 0.254 e. The van der Waals surface area contributed by atoms with Gasteiger partial charge < -0.3 is 10.6 Å². The van der Waals surface area contributed by atoms with E-state index in [0.717, 1.165) is 22.0 Å². The molecule has 4 aromatic rings. The van der Waals surface area contributed by atoms with Crippen LogP contribution in [0, 0.1) is 25.2 Å². The molecule has 0 aliphatic carbocycles. The zero-order chi connectivity index (χ0) is 23.5. The van der Waals surface area contributed by atoms with Crippen LogP contribution in [0.5, 0.6) is 0 Å². The topological polar surface area (TPSA) is 122 Å². The van der Waals surface area contributed by atoms with Crippen molar-refractivity contribution in [1.29, 1.82) is 5.26 Å². The Hall–Kier alpha value is -4.38. The Morgan fingerprint density at radius 1 is 1.12 bits per heavy atom. The number of anilines is 1. The second-order valence-electron chi connectivity index (χ2n) is 7.85. The molecule has 8 nitrogen and oxygen atoms in total. The molecule has 0 fully saturated rings. The van der Waals surface area contributed by atoms with Crippen molar-refractivity contribution in [2.75, 3.05) is 5.73 Å². The number of pyridine rings is 2. The Bertz CT molecular complexity index is 1360. The Balaban J connectivity index is 1.75. The van der Waals surface area contributed by atoms with Gasteiger partial charge in [-0.25, -0.2) is 15.0 Å². The number of nitrogen functional groups attached to an aromatic ring is 1. The lowest BCUT2D eigenvalue weighted by Crippen LogP contribution is -2.34. The average molecular weight is 438 g/mol. The van der Waals surface area contributed by atoms with Gasteiger partial charge in [0, 0.05) is 29.5 Å². The van der Waals surface area contributed by atoms with Crippen molar-refractivity contribution >= 4 is 22.6 Å². The summed E-state index contributed by atoms with van der Waals surface area (Å²) in [5.74, 6) is 0.834. The largest absolute Gasteiger partial charge is 0.383 e. The minimum atomic E-state index is -0.404. The molecule has 4 rings (SSSR count). The van der Waals surface area contributed by atoms with Crippen LogP contribution in [0.2, 0.25) is 0 Å². The second kappa shape index (κ2) is 9.01. The molecule has 0 bridgehead atoms. The summed E-state index contributed by atoms with van der Waals surface area (Å²) in [4.78, 5) is 32.9. The number of rotatable bonds is 5. The highest BCUT2D eigenvalue weighted by atomic mass is 16.2. The van der Waals surface area contributed by atoms with Crippen LogP contribution in [0.4, 0.5) is 5.82 Å². The van der Waals surface area contributed by atoms with Crippen LogP contribution in [0.15, 0.2) is 55.0 Å². The third-order valence-electron chi connectivity index (χ3n) is 5.81. The number of amides is 1. The zero-order valence-electron chi connectivity index (χ0n) is 18.6. The van der Waals surface area contributed by atoms with Crippen molar-refractivity contribution in [2.45, 2.75) is 33.4 Å². The Kier molecular flexibility index (Phi) is 5.96. The summed E-state index contributed by atoms with van der Waals surface area (Å²) in [6.07, 6.45) is 4.80. The highest BCUT2D eigenvalue weighted by molar-refractivity contribution is 5.99. The van der Waals surface area contributed by atoms with Crippen LogP contribution < -0.4 is 5.73 Å². The predicted octanol–water partition coefficient (Wildman–Crippen LogP) is 3.89. The average Bonchev–Trinajstić information content (AvgIpc) is 2.86. The quantitative estimate of drug-likeness (QED) is 0.502. The van der Waals surface area contributed by atoms with Crippen molar-refractivity contribution in [3.05, 3.63) is 88.8 Å². The molecule has 1 atom stereocenters. The van der Waals surface area contributed by atoms with Crippen LogP contribution in [0.3, 0.4) is 0 Å². The number of hydrogen-bond donors (Lipinski definition) is 1. The monoisotopic (exact) mass is 437 g/mol. The predicted molar refractivity (Wildman–Crippen MR) is 125 cm³/mol. The van der Waals surface area contributed by atoms with Gasteiger partial charge in [-0.2, -0.15) is 5.26 Å². The number of hydrogen-bond acceptors (Lipinski definition) is 7. The molecule has 8 heteroatoms. The van der Waals surface area contributed by atoms with Crippen LogP contribution >= 0.6 is 0 Å². The first-order chi connectivity index (χ1) is 15.9. The number of aromatic nitrogens is 4. The summed E-state index contributed by atoms with van der Waals surface area (Å²) in [6.45, 7) is 6.02. The molecule has 0 saturated heterocycles. The van der Waals surface area contributed by atoms with Gasteiger partial charge in [0.05, 0.1) is 29.4 Å². The number of carbonyl (C=O) groups excluding carboxylic acids is 1. The number of fused-ring (bicyclic) bond motifs is 1. The molecular weight excluding hydrogens is 414 g/mol. The summed E-state index contributed by atoms with van der Waals surface area (Å²) >= 11 is 0. The zero-order valence-corrected chi connectivity index (χ0v) is 18.6. The first kappa shape index (κ1) is 21.8. The summed E-state index contributed by atoms with van der Waals surface area (Å²) in [5, 5.41) is 9.93. The fraction of sp³-hybridized carbons (Fsp3) is 0.200. The van der Waals surface area contributed by atoms with Gasteiger partial charge in [-0.1, -0.05) is 0 Å². The summed E-state index contributed by atoms with van der Waals surface area (Å²) in [5.41, 5.74) is 10.3. The van der Waals surface area contributed by atoms with E-state index < -0.39 is 6.04 Å². The molecule has 0 aliphatic rings. The van der Waals surface area contributed by atoms with Crippen molar-refractivity contribution in [1.82, 2.24) is 24.8 Å². The summed E-state index contributed by atoms with van der Waals surface area (Å²) in [7, 11) is 0. The maximum absolute atomic E-state index is 13.7. The molecule has 0 radical (unpaired) electrons. The van der Waals surface area contributed by atoms with Crippen molar-refractivity contribution in [2.24, 2.45) is 0 Å².